The van der Waals surface area contributed by atoms with Crippen LogP contribution in [0, 0.1) is 0 Å². The summed E-state index contributed by atoms with van der Waals surface area (Å²) in [5.74, 6) is -1.59. The summed E-state index contributed by atoms with van der Waals surface area (Å²) < 4.78 is 61.1. The first kappa shape index (κ1) is 95.2. The maximum atomic E-state index is 12.9. The Morgan fingerprint density at radius 1 is 0.293 bits per heavy atom. The van der Waals surface area contributed by atoms with Gasteiger partial charge in [-0.2, -0.15) is 0 Å². The summed E-state index contributed by atoms with van der Waals surface area (Å²) >= 11 is 0. The summed E-state index contributed by atoms with van der Waals surface area (Å²) in [7, 11) is -9.79. The van der Waals surface area contributed by atoms with Gasteiger partial charge in [0, 0.05) is 19.3 Å². The molecule has 99 heavy (non-hydrogen) atoms. The second kappa shape index (κ2) is 73.9. The zero-order valence-electron chi connectivity index (χ0n) is 62.4. The average molecular weight is 1430 g/mol. The Bertz CT molecular complexity index is 2240. The Hall–Kier alpha value is -3.79. The molecule has 0 rings (SSSR count). The van der Waals surface area contributed by atoms with Crippen LogP contribution in [0.3, 0.4) is 0 Å². The minimum Gasteiger partial charge on any atom is -0.463 e. The van der Waals surface area contributed by atoms with Crippen molar-refractivity contribution in [3.8, 4) is 0 Å². The van der Waals surface area contributed by atoms with Gasteiger partial charge in [0.1, 0.15) is 25.4 Å². The first-order chi connectivity index (χ1) is 48.2. The third kappa shape index (κ3) is 75.2. The number of allylic oxidation sites excluding steroid dienone is 18. The molecule has 16 nitrogen and oxygen atoms in total. The third-order valence-electron chi connectivity index (χ3n) is 16.5. The fraction of sp³-hybridized carbons (Fsp3) is 0.741. The van der Waals surface area contributed by atoms with Crippen molar-refractivity contribution in [3.05, 3.63) is 109 Å². The highest BCUT2D eigenvalue weighted by atomic mass is 31.2. The molecule has 0 fully saturated rings. The molecule has 0 amide bonds. The number of phosphoric ester groups is 2. The number of aliphatic hydroxyl groups excluding tert-OH is 2. The average Bonchev–Trinajstić information content (AvgIpc) is 1.05. The van der Waals surface area contributed by atoms with Gasteiger partial charge >= 0.3 is 33.6 Å². The van der Waals surface area contributed by atoms with E-state index in [1.54, 1.807) is 0 Å². The monoisotopic (exact) mass is 1430 g/mol. The van der Waals surface area contributed by atoms with Crippen LogP contribution in [-0.2, 0) is 55.8 Å². The molecule has 0 aliphatic carbocycles. The molecule has 0 aromatic heterocycles. The van der Waals surface area contributed by atoms with E-state index in [0.717, 1.165) is 135 Å². The second-order valence-corrected chi connectivity index (χ2v) is 29.0. The molecular weight excluding hydrogens is 1290 g/mol. The van der Waals surface area contributed by atoms with E-state index in [4.69, 9.17) is 32.3 Å². The van der Waals surface area contributed by atoms with Crippen LogP contribution in [0.15, 0.2) is 109 Å². The van der Waals surface area contributed by atoms with Crippen molar-refractivity contribution < 1.29 is 75.8 Å². The fourth-order valence-electron chi connectivity index (χ4n) is 10.5. The van der Waals surface area contributed by atoms with E-state index in [2.05, 4.69) is 130 Å². The minimum absolute atomic E-state index is 0.102. The van der Waals surface area contributed by atoms with Gasteiger partial charge in [0.15, 0.2) is 6.10 Å². The maximum absolute atomic E-state index is 12.9. The van der Waals surface area contributed by atoms with Crippen molar-refractivity contribution in [2.75, 3.05) is 39.6 Å². The lowest BCUT2D eigenvalue weighted by molar-refractivity contribution is -0.161. The molecular formula is C81H142O16P2. The van der Waals surface area contributed by atoms with Gasteiger partial charge in [-0.1, -0.05) is 310 Å². The Kier molecular flexibility index (Phi) is 71.1. The van der Waals surface area contributed by atoms with Crippen molar-refractivity contribution in [1.29, 1.82) is 0 Å². The van der Waals surface area contributed by atoms with Gasteiger partial charge in [-0.25, -0.2) is 9.13 Å². The fourth-order valence-corrected chi connectivity index (χ4v) is 12.1. The highest BCUT2D eigenvalue weighted by Gasteiger charge is 2.29. The highest BCUT2D eigenvalue weighted by molar-refractivity contribution is 7.47. The number of hydrogen-bond acceptors (Lipinski definition) is 14. The zero-order valence-corrected chi connectivity index (χ0v) is 64.2. The normalized spacial score (nSPS) is 14.6. The van der Waals surface area contributed by atoms with Crippen LogP contribution in [0.5, 0.6) is 0 Å². The van der Waals surface area contributed by atoms with Crippen LogP contribution in [0.25, 0.3) is 0 Å². The summed E-state index contributed by atoms with van der Waals surface area (Å²) in [5.41, 5.74) is 0. The summed E-state index contributed by atoms with van der Waals surface area (Å²) in [5, 5.41) is 20.6. The lowest BCUT2D eigenvalue weighted by Crippen LogP contribution is -2.30. The topological polar surface area (TPSA) is 231 Å². The van der Waals surface area contributed by atoms with Crippen molar-refractivity contribution in [2.24, 2.45) is 0 Å². The summed E-state index contributed by atoms with van der Waals surface area (Å²) in [6, 6.07) is 0. The number of aliphatic hydroxyl groups is 2. The molecule has 0 heterocycles. The Labute approximate surface area is 602 Å². The molecule has 0 bridgehead atoms. The first-order valence-electron chi connectivity index (χ1n) is 39.2. The van der Waals surface area contributed by atoms with Crippen LogP contribution in [0.1, 0.15) is 329 Å². The third-order valence-corrected chi connectivity index (χ3v) is 18.4. The molecule has 0 aliphatic heterocycles. The lowest BCUT2D eigenvalue weighted by atomic mass is 10.0. The maximum Gasteiger partial charge on any atom is 0.472 e. The van der Waals surface area contributed by atoms with Crippen molar-refractivity contribution in [3.63, 3.8) is 0 Å². The van der Waals surface area contributed by atoms with Gasteiger partial charge in [-0.15, -0.1) is 0 Å². The van der Waals surface area contributed by atoms with Gasteiger partial charge in [-0.05, 0) is 109 Å². The van der Waals surface area contributed by atoms with Crippen molar-refractivity contribution >= 4 is 33.6 Å². The molecule has 0 spiro atoms. The summed E-state index contributed by atoms with van der Waals surface area (Å²) in [4.78, 5) is 58.6. The SMILES string of the molecule is CC/C=C\C/C=C\C/C=C\C/C=C\C/C=C\CCCCCCCC(=O)OCC(COP(=O)(O)OCC(O)COP(=O)(O)OCC(O)COC(=O)CCCCCCCCCCCCCCC/C=C\C/C=C\C/C=C\C/C=C\CCCCC)OC(=O)CCCCCCCCCCCCCCC. The number of carbonyl (C=O) groups excluding carboxylic acids is 3. The molecule has 5 unspecified atom stereocenters. The molecule has 0 aromatic carbocycles. The molecule has 0 aromatic rings. The lowest BCUT2D eigenvalue weighted by Gasteiger charge is -2.21. The molecule has 0 saturated carbocycles. The molecule has 18 heteroatoms. The number of rotatable bonds is 74. The molecule has 4 N–H and O–H groups in total. The Morgan fingerprint density at radius 2 is 0.535 bits per heavy atom. The number of phosphoric acid groups is 2. The molecule has 0 saturated heterocycles. The number of hydrogen-bond donors (Lipinski definition) is 4. The number of unbranched alkanes of at least 4 members (excludes halogenated alkanes) is 33. The smallest absolute Gasteiger partial charge is 0.463 e. The second-order valence-electron chi connectivity index (χ2n) is 26.1. The predicted molar refractivity (Wildman–Crippen MR) is 408 cm³/mol. The van der Waals surface area contributed by atoms with E-state index in [1.165, 1.54) is 135 Å². The van der Waals surface area contributed by atoms with Gasteiger partial charge in [0.05, 0.1) is 26.4 Å². The van der Waals surface area contributed by atoms with E-state index in [0.29, 0.717) is 19.3 Å². The van der Waals surface area contributed by atoms with Crippen LogP contribution < -0.4 is 0 Å². The highest BCUT2D eigenvalue weighted by Crippen LogP contribution is 2.45. The largest absolute Gasteiger partial charge is 0.472 e. The van der Waals surface area contributed by atoms with Gasteiger partial charge in [0.25, 0.3) is 0 Å². The number of ether oxygens (including phenoxy) is 3. The molecule has 0 aliphatic rings. The van der Waals surface area contributed by atoms with E-state index in [1.807, 2.05) is 0 Å². The van der Waals surface area contributed by atoms with Crippen LogP contribution in [-0.4, -0.2) is 95.9 Å². The predicted octanol–water partition coefficient (Wildman–Crippen LogP) is 22.8. The van der Waals surface area contributed by atoms with Crippen LogP contribution in [0.4, 0.5) is 0 Å². The molecule has 572 valence electrons. The van der Waals surface area contributed by atoms with Crippen LogP contribution >= 0.6 is 15.6 Å². The zero-order chi connectivity index (χ0) is 72.3. The quantitative estimate of drug-likeness (QED) is 0.0146. The number of carbonyl (C=O) groups is 3. The van der Waals surface area contributed by atoms with Crippen molar-refractivity contribution in [1.82, 2.24) is 0 Å². The Morgan fingerprint density at radius 3 is 0.869 bits per heavy atom. The van der Waals surface area contributed by atoms with E-state index in [9.17, 15) is 43.5 Å². The Balaban J connectivity index is 4.49. The molecule has 0 radical (unpaired) electrons. The van der Waals surface area contributed by atoms with E-state index in [-0.39, 0.29) is 19.3 Å². The number of esters is 3. The van der Waals surface area contributed by atoms with Gasteiger partial charge < -0.3 is 34.2 Å². The first-order valence-corrected chi connectivity index (χ1v) is 42.2. The molecule has 5 atom stereocenters. The van der Waals surface area contributed by atoms with Crippen molar-refractivity contribution in [2.45, 2.75) is 347 Å². The van der Waals surface area contributed by atoms with Crippen LogP contribution in [0.2, 0.25) is 0 Å². The minimum atomic E-state index is -4.93. The van der Waals surface area contributed by atoms with E-state index >= 15 is 0 Å². The van der Waals surface area contributed by atoms with Gasteiger partial charge in [0.2, 0.25) is 0 Å². The standard InChI is InChI=1S/C81H142O16P2/c1-4-7-10-13-16-19-22-25-27-29-31-33-34-35-36-37-38-39-40-42-44-45-47-50-52-55-58-61-64-67-79(84)91-70-76(82)71-93-98(87,88)94-72-77(83)73-95-99(89,90)96-75-78(97-81(86)69-66-63-60-57-54-49-24-21-18-15-12-9-6-3)74-92-80(85)68-65-62-59-56-53-51-48-46-43-41-32-30-28-26-23-20-17-14-11-8-5-2/h8,11,16-17,19-20,25-28,31-33,35-36,41,46,48,76-78,82-83H,4-7,9-10,12-15,18,21-24,29-30,34,37-40,42-45,47,49-75H2,1-3H3,(H,87,88)(H,89,90)/b11-8-,19-16-,20-17-,27-25-,28-26-,33-31-,36-35-,41-32-,48-46-. The summed E-state index contributed by atoms with van der Waals surface area (Å²) in [6.07, 6.45) is 85.7. The van der Waals surface area contributed by atoms with E-state index < -0.39 is 91.5 Å². The summed E-state index contributed by atoms with van der Waals surface area (Å²) in [6.45, 7) is 2.54. The van der Waals surface area contributed by atoms with Gasteiger partial charge in [-0.3, -0.25) is 32.5 Å².